The molecule has 2 N–H and O–H groups in total. The zero-order valence-electron chi connectivity index (χ0n) is 12.0. The Bertz CT molecular complexity index is 678. The van der Waals surface area contributed by atoms with Gasteiger partial charge >= 0.3 is 5.97 Å². The highest BCUT2D eigenvalue weighted by molar-refractivity contribution is 7.90. The van der Waals surface area contributed by atoms with Crippen molar-refractivity contribution < 1.29 is 23.1 Å². The van der Waals surface area contributed by atoms with Crippen LogP contribution in [0.4, 0.5) is 0 Å². The average molecular weight is 327 g/mol. The molecule has 0 saturated heterocycles. The van der Waals surface area contributed by atoms with Crippen LogP contribution in [0.15, 0.2) is 28.3 Å². The fourth-order valence-electron chi connectivity index (χ4n) is 2.18. The standard InChI is InChI=1S/C13H17N3O5S/c1-2-4-10(13(18)19)14-12(17)9-5-3-6-16-7-8-22(20,21)15-11(9)16/h3,5-6,10H,2,4,7-8H2,1H3,(H,14,17)(H,18,19). The van der Waals surface area contributed by atoms with Crippen molar-refractivity contribution in [1.29, 1.82) is 0 Å². The SMILES string of the molecule is CCCC(NC(=O)C1=CC=CN2CCS(=O)(=O)N=C12)C(=O)O. The minimum absolute atomic E-state index is 0.0342. The van der Waals surface area contributed by atoms with Gasteiger partial charge in [0.25, 0.3) is 15.9 Å². The lowest BCUT2D eigenvalue weighted by molar-refractivity contribution is -0.141. The van der Waals surface area contributed by atoms with Gasteiger partial charge in [0.1, 0.15) is 6.04 Å². The van der Waals surface area contributed by atoms with Gasteiger partial charge in [-0.15, -0.1) is 4.40 Å². The van der Waals surface area contributed by atoms with E-state index in [1.807, 2.05) is 6.92 Å². The highest BCUT2D eigenvalue weighted by Gasteiger charge is 2.31. The molecule has 1 amide bonds. The Balaban J connectivity index is 2.25. The van der Waals surface area contributed by atoms with Crippen molar-refractivity contribution in [3.63, 3.8) is 0 Å². The van der Waals surface area contributed by atoms with Gasteiger partial charge in [-0.3, -0.25) is 4.79 Å². The van der Waals surface area contributed by atoms with Crippen LogP contribution in [0.5, 0.6) is 0 Å². The first-order valence-electron chi connectivity index (χ1n) is 6.86. The quantitative estimate of drug-likeness (QED) is 0.725. The summed E-state index contributed by atoms with van der Waals surface area (Å²) >= 11 is 0. The number of sulfonamides is 1. The Morgan fingerprint density at radius 2 is 2.23 bits per heavy atom. The third-order valence-electron chi connectivity index (χ3n) is 3.28. The van der Waals surface area contributed by atoms with Gasteiger partial charge in [0, 0.05) is 12.7 Å². The summed E-state index contributed by atoms with van der Waals surface area (Å²) in [5, 5.41) is 11.5. The summed E-state index contributed by atoms with van der Waals surface area (Å²) in [5.74, 6) is -1.86. The van der Waals surface area contributed by atoms with Gasteiger partial charge in [0.15, 0.2) is 5.84 Å². The molecule has 2 heterocycles. The second-order valence-electron chi connectivity index (χ2n) is 4.97. The second kappa shape index (κ2) is 6.30. The maximum absolute atomic E-state index is 12.3. The third-order valence-corrected chi connectivity index (χ3v) is 4.43. The van der Waals surface area contributed by atoms with E-state index in [0.717, 1.165) is 0 Å². The third kappa shape index (κ3) is 3.53. The van der Waals surface area contributed by atoms with Crippen molar-refractivity contribution in [1.82, 2.24) is 10.2 Å². The molecule has 0 bridgehead atoms. The number of rotatable bonds is 5. The van der Waals surface area contributed by atoms with Gasteiger partial charge in [-0.2, -0.15) is 0 Å². The Kier molecular flexibility index (Phi) is 4.65. The van der Waals surface area contributed by atoms with E-state index in [-0.39, 0.29) is 23.7 Å². The topological polar surface area (TPSA) is 116 Å². The molecule has 1 atom stereocenters. The van der Waals surface area contributed by atoms with E-state index in [0.29, 0.717) is 12.8 Å². The number of hydrogen-bond donors (Lipinski definition) is 2. The van der Waals surface area contributed by atoms with Crippen LogP contribution < -0.4 is 5.32 Å². The van der Waals surface area contributed by atoms with Crippen LogP contribution in [0, 0.1) is 0 Å². The number of fused-ring (bicyclic) bond motifs is 1. The number of carbonyl (C=O) groups is 2. The predicted molar refractivity (Wildman–Crippen MR) is 79.6 cm³/mol. The summed E-state index contributed by atoms with van der Waals surface area (Å²) in [6.45, 7) is 2.02. The summed E-state index contributed by atoms with van der Waals surface area (Å²) in [6.07, 6.45) is 5.54. The number of nitrogens with one attached hydrogen (secondary N) is 1. The lowest BCUT2D eigenvalue weighted by Crippen LogP contribution is -2.46. The van der Waals surface area contributed by atoms with Gasteiger partial charge in [-0.1, -0.05) is 13.3 Å². The average Bonchev–Trinajstić information content (AvgIpc) is 2.45. The van der Waals surface area contributed by atoms with Crippen molar-refractivity contribution in [2.75, 3.05) is 12.3 Å². The van der Waals surface area contributed by atoms with Gasteiger partial charge in [0.05, 0.1) is 11.3 Å². The molecule has 120 valence electrons. The highest BCUT2D eigenvalue weighted by Crippen LogP contribution is 2.18. The molecule has 2 aliphatic rings. The van der Waals surface area contributed by atoms with Gasteiger partial charge in [-0.25, -0.2) is 13.2 Å². The molecule has 0 aliphatic carbocycles. The Morgan fingerprint density at radius 1 is 1.50 bits per heavy atom. The number of nitrogens with zero attached hydrogens (tertiary/aromatic N) is 2. The van der Waals surface area contributed by atoms with E-state index >= 15 is 0 Å². The lowest BCUT2D eigenvalue weighted by atomic mass is 10.1. The number of carboxylic acid groups (broad SMARTS) is 1. The molecule has 2 rings (SSSR count). The van der Waals surface area contributed by atoms with Gasteiger partial charge in [0.2, 0.25) is 0 Å². The van der Waals surface area contributed by atoms with Crippen molar-refractivity contribution in [3.05, 3.63) is 23.9 Å². The van der Waals surface area contributed by atoms with Gasteiger partial charge < -0.3 is 15.3 Å². The first kappa shape index (κ1) is 16.2. The van der Waals surface area contributed by atoms with Crippen molar-refractivity contribution in [2.45, 2.75) is 25.8 Å². The molecule has 2 aliphatic heterocycles. The van der Waals surface area contributed by atoms with E-state index in [9.17, 15) is 18.0 Å². The van der Waals surface area contributed by atoms with Crippen LogP contribution in [-0.2, 0) is 19.6 Å². The number of allylic oxidation sites excluding steroid dienone is 2. The fourth-order valence-corrected chi connectivity index (χ4v) is 3.16. The smallest absolute Gasteiger partial charge is 0.326 e. The van der Waals surface area contributed by atoms with Crippen LogP contribution in [0.2, 0.25) is 0 Å². The first-order valence-corrected chi connectivity index (χ1v) is 8.47. The molecule has 0 fully saturated rings. The molecule has 0 aromatic rings. The number of aliphatic carboxylic acids is 1. The van der Waals surface area contributed by atoms with E-state index < -0.39 is 27.9 Å². The Hall–Kier alpha value is -2.16. The zero-order chi connectivity index (χ0) is 16.3. The van der Waals surface area contributed by atoms with Crippen LogP contribution in [0.3, 0.4) is 0 Å². The van der Waals surface area contributed by atoms with Crippen LogP contribution >= 0.6 is 0 Å². The molecular weight excluding hydrogens is 310 g/mol. The second-order valence-corrected chi connectivity index (χ2v) is 6.72. The normalized spacial score (nSPS) is 20.5. The largest absolute Gasteiger partial charge is 0.480 e. The molecule has 0 radical (unpaired) electrons. The molecule has 8 nitrogen and oxygen atoms in total. The summed E-state index contributed by atoms with van der Waals surface area (Å²) < 4.78 is 26.9. The molecule has 22 heavy (non-hydrogen) atoms. The maximum Gasteiger partial charge on any atom is 0.326 e. The van der Waals surface area contributed by atoms with E-state index in [1.54, 1.807) is 17.2 Å². The Labute approximate surface area is 128 Å². The number of carboxylic acids is 1. The molecule has 9 heteroatoms. The van der Waals surface area contributed by atoms with Crippen molar-refractivity contribution in [2.24, 2.45) is 4.40 Å². The van der Waals surface area contributed by atoms with E-state index in [1.165, 1.54) is 6.08 Å². The Morgan fingerprint density at radius 3 is 2.86 bits per heavy atom. The van der Waals surface area contributed by atoms with Crippen LogP contribution in [0.1, 0.15) is 19.8 Å². The molecule has 0 aromatic heterocycles. The van der Waals surface area contributed by atoms with Crippen molar-refractivity contribution in [3.8, 4) is 0 Å². The van der Waals surface area contributed by atoms with Crippen molar-refractivity contribution >= 4 is 27.7 Å². The predicted octanol–water partition coefficient (Wildman–Crippen LogP) is -0.146. The summed E-state index contributed by atoms with van der Waals surface area (Å²) in [5.41, 5.74) is 0.0492. The first-order chi connectivity index (χ1) is 10.3. The summed E-state index contributed by atoms with van der Waals surface area (Å²) in [7, 11) is -3.60. The summed E-state index contributed by atoms with van der Waals surface area (Å²) in [6, 6.07) is -1.02. The molecule has 0 saturated carbocycles. The molecular formula is C13H17N3O5S. The fraction of sp³-hybridized carbons (Fsp3) is 0.462. The zero-order valence-corrected chi connectivity index (χ0v) is 12.8. The van der Waals surface area contributed by atoms with Crippen LogP contribution in [-0.4, -0.2) is 54.5 Å². The minimum Gasteiger partial charge on any atom is -0.480 e. The van der Waals surface area contributed by atoms with E-state index in [2.05, 4.69) is 9.71 Å². The molecule has 0 aromatic carbocycles. The number of amides is 1. The van der Waals surface area contributed by atoms with E-state index in [4.69, 9.17) is 5.11 Å². The summed E-state index contributed by atoms with van der Waals surface area (Å²) in [4.78, 5) is 24.9. The lowest BCUT2D eigenvalue weighted by Gasteiger charge is -2.29. The number of carbonyl (C=O) groups excluding carboxylic acids is 1. The maximum atomic E-state index is 12.3. The molecule has 0 spiro atoms. The van der Waals surface area contributed by atoms with Crippen LogP contribution in [0.25, 0.3) is 0 Å². The van der Waals surface area contributed by atoms with Gasteiger partial charge in [-0.05, 0) is 18.6 Å². The number of amidine groups is 1. The molecule has 1 unspecified atom stereocenters. The minimum atomic E-state index is -3.60. The number of hydrogen-bond acceptors (Lipinski definition) is 5. The monoisotopic (exact) mass is 327 g/mol. The highest BCUT2D eigenvalue weighted by atomic mass is 32.2.